The van der Waals surface area contributed by atoms with Gasteiger partial charge >= 0.3 is 0 Å². The summed E-state index contributed by atoms with van der Waals surface area (Å²) in [6.45, 7) is 0.823. The first kappa shape index (κ1) is 15.0. The highest BCUT2D eigenvalue weighted by Crippen LogP contribution is 2.23. The second-order valence-corrected chi connectivity index (χ2v) is 6.08. The molecule has 1 aliphatic carbocycles. The highest BCUT2D eigenvalue weighted by atomic mass is 16.5. The van der Waals surface area contributed by atoms with E-state index in [1.807, 2.05) is 12.1 Å². The summed E-state index contributed by atoms with van der Waals surface area (Å²) >= 11 is 0. The number of aromatic amines is 1. The molecular weight excluding hydrogens is 276 g/mol. The van der Waals surface area contributed by atoms with Crippen LogP contribution in [0.25, 0.3) is 0 Å². The van der Waals surface area contributed by atoms with Gasteiger partial charge in [0, 0.05) is 12.5 Å². The summed E-state index contributed by atoms with van der Waals surface area (Å²) < 4.78 is 5.17. The Morgan fingerprint density at radius 2 is 1.95 bits per heavy atom. The van der Waals surface area contributed by atoms with Crippen LogP contribution in [-0.4, -0.2) is 40.3 Å². The molecule has 0 unspecified atom stereocenters. The quantitative estimate of drug-likeness (QED) is 0.891. The molecule has 1 saturated carbocycles. The van der Waals surface area contributed by atoms with Crippen LogP contribution in [0.15, 0.2) is 24.3 Å². The number of benzene rings is 1. The molecule has 3 rings (SSSR count). The van der Waals surface area contributed by atoms with Gasteiger partial charge in [0.25, 0.3) is 0 Å². The molecule has 0 atom stereocenters. The van der Waals surface area contributed by atoms with Crippen LogP contribution in [-0.2, 0) is 13.0 Å². The fraction of sp³-hybridized carbons (Fsp3) is 0.529. The van der Waals surface area contributed by atoms with Crippen LogP contribution in [0.4, 0.5) is 0 Å². The Morgan fingerprint density at radius 1 is 1.23 bits per heavy atom. The minimum absolute atomic E-state index is 0.698. The Morgan fingerprint density at radius 3 is 2.64 bits per heavy atom. The number of hydrogen-bond donors (Lipinski definition) is 1. The van der Waals surface area contributed by atoms with Crippen LogP contribution in [0.5, 0.6) is 5.75 Å². The Labute approximate surface area is 131 Å². The van der Waals surface area contributed by atoms with Crippen molar-refractivity contribution < 1.29 is 4.74 Å². The zero-order valence-electron chi connectivity index (χ0n) is 13.4. The summed E-state index contributed by atoms with van der Waals surface area (Å²) in [4.78, 5) is 7.00. The van der Waals surface area contributed by atoms with Gasteiger partial charge in [-0.3, -0.25) is 10.00 Å². The van der Waals surface area contributed by atoms with E-state index in [0.717, 1.165) is 30.4 Å². The molecule has 1 N–H and O–H groups in total. The maximum Gasteiger partial charge on any atom is 0.164 e. The minimum atomic E-state index is 0.698. The van der Waals surface area contributed by atoms with Gasteiger partial charge in [0.15, 0.2) is 5.82 Å². The number of nitrogens with zero attached hydrogens (tertiary/aromatic N) is 3. The van der Waals surface area contributed by atoms with E-state index in [0.29, 0.717) is 6.04 Å². The molecule has 2 aromatic rings. The van der Waals surface area contributed by atoms with E-state index in [2.05, 4.69) is 39.3 Å². The van der Waals surface area contributed by atoms with Gasteiger partial charge in [-0.2, -0.15) is 5.10 Å². The van der Waals surface area contributed by atoms with E-state index in [1.54, 1.807) is 7.11 Å². The molecule has 1 heterocycles. The lowest BCUT2D eigenvalue weighted by Gasteiger charge is -2.22. The second-order valence-electron chi connectivity index (χ2n) is 6.08. The largest absolute Gasteiger partial charge is 0.497 e. The first-order valence-electron chi connectivity index (χ1n) is 7.98. The molecule has 0 radical (unpaired) electrons. The van der Waals surface area contributed by atoms with Crippen LogP contribution in [0.2, 0.25) is 0 Å². The number of aromatic nitrogens is 3. The topological polar surface area (TPSA) is 54.0 Å². The molecule has 0 saturated heterocycles. The first-order chi connectivity index (χ1) is 10.7. The van der Waals surface area contributed by atoms with E-state index >= 15 is 0 Å². The van der Waals surface area contributed by atoms with Gasteiger partial charge in [-0.05, 0) is 37.6 Å². The molecule has 0 amide bonds. The van der Waals surface area contributed by atoms with Crippen molar-refractivity contribution in [1.29, 1.82) is 0 Å². The maximum atomic E-state index is 5.17. The van der Waals surface area contributed by atoms with Gasteiger partial charge < -0.3 is 4.74 Å². The lowest BCUT2D eigenvalue weighted by atomic mass is 10.1. The van der Waals surface area contributed by atoms with Gasteiger partial charge in [0.1, 0.15) is 11.6 Å². The van der Waals surface area contributed by atoms with E-state index in [9.17, 15) is 0 Å². The van der Waals surface area contributed by atoms with Crippen molar-refractivity contribution in [2.75, 3.05) is 14.2 Å². The van der Waals surface area contributed by atoms with Gasteiger partial charge in [0.05, 0.1) is 13.7 Å². The highest BCUT2D eigenvalue weighted by Gasteiger charge is 2.20. The minimum Gasteiger partial charge on any atom is -0.497 e. The van der Waals surface area contributed by atoms with Gasteiger partial charge in [0.2, 0.25) is 0 Å². The fourth-order valence-electron chi connectivity index (χ4n) is 3.12. The fourth-order valence-corrected chi connectivity index (χ4v) is 3.12. The standard InChI is InChI=1S/C17H24N4O/c1-21(14-5-3-4-6-14)12-17-18-16(19-20-17)11-13-7-9-15(22-2)10-8-13/h7-10,14H,3-6,11-12H2,1-2H3,(H,18,19,20). The zero-order chi connectivity index (χ0) is 15.4. The molecule has 1 aliphatic rings. The molecule has 0 bridgehead atoms. The summed E-state index contributed by atoms with van der Waals surface area (Å²) in [5.74, 6) is 2.68. The Kier molecular flexibility index (Phi) is 4.73. The monoisotopic (exact) mass is 300 g/mol. The van der Waals surface area contributed by atoms with E-state index in [-0.39, 0.29) is 0 Å². The number of H-pyrrole nitrogens is 1. The van der Waals surface area contributed by atoms with Crippen LogP contribution in [0, 0.1) is 0 Å². The molecule has 1 fully saturated rings. The van der Waals surface area contributed by atoms with Crippen molar-refractivity contribution >= 4 is 0 Å². The Balaban J connectivity index is 1.58. The molecule has 0 aliphatic heterocycles. The smallest absolute Gasteiger partial charge is 0.164 e. The van der Waals surface area contributed by atoms with Crippen molar-refractivity contribution in [2.45, 2.75) is 44.7 Å². The molecule has 5 nitrogen and oxygen atoms in total. The summed E-state index contributed by atoms with van der Waals surface area (Å²) in [6, 6.07) is 8.77. The zero-order valence-corrected chi connectivity index (χ0v) is 13.4. The summed E-state index contributed by atoms with van der Waals surface area (Å²) in [7, 11) is 3.86. The second kappa shape index (κ2) is 6.92. The lowest BCUT2D eigenvalue weighted by molar-refractivity contribution is 0.232. The molecule has 1 aromatic heterocycles. The third-order valence-electron chi connectivity index (χ3n) is 4.45. The van der Waals surface area contributed by atoms with Crippen molar-refractivity contribution in [1.82, 2.24) is 20.1 Å². The average Bonchev–Trinajstić information content (AvgIpc) is 3.20. The van der Waals surface area contributed by atoms with Crippen LogP contribution in [0.1, 0.15) is 42.9 Å². The van der Waals surface area contributed by atoms with Crippen LogP contribution >= 0.6 is 0 Å². The molecule has 22 heavy (non-hydrogen) atoms. The maximum absolute atomic E-state index is 5.17. The molecule has 118 valence electrons. The van der Waals surface area contributed by atoms with Gasteiger partial charge in [-0.1, -0.05) is 25.0 Å². The number of nitrogens with one attached hydrogen (secondary N) is 1. The third-order valence-corrected chi connectivity index (χ3v) is 4.45. The Bertz CT molecular complexity index is 587. The predicted molar refractivity (Wildman–Crippen MR) is 85.9 cm³/mol. The van der Waals surface area contributed by atoms with Crippen molar-refractivity contribution in [3.05, 3.63) is 41.5 Å². The van der Waals surface area contributed by atoms with Crippen molar-refractivity contribution in [3.8, 4) is 5.75 Å². The Hall–Kier alpha value is -1.88. The predicted octanol–water partition coefficient (Wildman–Crippen LogP) is 2.78. The normalized spacial score (nSPS) is 15.6. The summed E-state index contributed by atoms with van der Waals surface area (Å²) in [5.41, 5.74) is 1.20. The molecule has 5 heteroatoms. The van der Waals surface area contributed by atoms with Crippen LogP contribution in [0.3, 0.4) is 0 Å². The highest BCUT2D eigenvalue weighted by molar-refractivity contribution is 5.28. The van der Waals surface area contributed by atoms with Gasteiger partial charge in [-0.15, -0.1) is 0 Å². The summed E-state index contributed by atoms with van der Waals surface area (Å²) in [5, 5.41) is 7.41. The lowest BCUT2D eigenvalue weighted by Crippen LogP contribution is -2.29. The third kappa shape index (κ3) is 3.65. The number of rotatable bonds is 6. The summed E-state index contributed by atoms with van der Waals surface area (Å²) in [6.07, 6.45) is 6.08. The first-order valence-corrected chi connectivity index (χ1v) is 7.98. The number of ether oxygens (including phenoxy) is 1. The molecule has 0 spiro atoms. The number of methoxy groups -OCH3 is 1. The average molecular weight is 300 g/mol. The van der Waals surface area contributed by atoms with E-state index < -0.39 is 0 Å². The van der Waals surface area contributed by atoms with E-state index in [1.165, 1.54) is 31.2 Å². The molecule has 1 aromatic carbocycles. The van der Waals surface area contributed by atoms with Crippen LogP contribution < -0.4 is 4.74 Å². The number of hydrogen-bond acceptors (Lipinski definition) is 4. The molecular formula is C17H24N4O. The van der Waals surface area contributed by atoms with Crippen molar-refractivity contribution in [2.24, 2.45) is 0 Å². The van der Waals surface area contributed by atoms with Crippen molar-refractivity contribution in [3.63, 3.8) is 0 Å². The van der Waals surface area contributed by atoms with Gasteiger partial charge in [-0.25, -0.2) is 4.98 Å². The van der Waals surface area contributed by atoms with E-state index in [4.69, 9.17) is 4.74 Å². The SMILES string of the molecule is COc1ccc(Cc2nc(CN(C)C3CCCC3)n[nH]2)cc1.